The molecule has 0 radical (unpaired) electrons. The van der Waals surface area contributed by atoms with Gasteiger partial charge in [0.25, 0.3) is 0 Å². The zero-order valence-electron chi connectivity index (χ0n) is 28.7. The van der Waals surface area contributed by atoms with Gasteiger partial charge in [-0.05, 0) is 41.7 Å². The van der Waals surface area contributed by atoms with Crippen molar-refractivity contribution in [2.24, 2.45) is 11.8 Å². The Balaban J connectivity index is 1.25. The van der Waals surface area contributed by atoms with Gasteiger partial charge in [-0.1, -0.05) is 57.2 Å². The molecule has 1 amide bonds. The van der Waals surface area contributed by atoms with Gasteiger partial charge in [0.05, 0.1) is 28.7 Å². The third-order valence-corrected chi connectivity index (χ3v) is 12.8. The Morgan fingerprint density at radius 3 is 2.32 bits per heavy atom. The summed E-state index contributed by atoms with van der Waals surface area (Å²) in [7, 11) is -7.90. The van der Waals surface area contributed by atoms with E-state index < -0.39 is 44.0 Å². The lowest BCUT2D eigenvalue weighted by Gasteiger charge is -2.35. The van der Waals surface area contributed by atoms with Gasteiger partial charge in [-0.25, -0.2) is 16.8 Å². The fraction of sp³-hybridized carbons (Fsp3) is 0.486. The normalized spacial score (nSPS) is 17.5. The number of nitrogens with zero attached hydrogens (tertiary/aromatic N) is 4. The first kappa shape index (κ1) is 37.7. The van der Waals surface area contributed by atoms with Crippen molar-refractivity contribution < 1.29 is 36.2 Å². The minimum atomic E-state index is -4.16. The predicted molar refractivity (Wildman–Crippen MR) is 188 cm³/mol. The van der Waals surface area contributed by atoms with E-state index in [-0.39, 0.29) is 42.9 Å². The standard InChI is InChI=1S/C35H47N5O8S2/c1-26(2)22-40(50(45,46)30-11-12-33-34(19-30)48-25-47-33)31(18-28-8-5-4-6-9-28)32(41)21-37-35(42)27(3)24-49(43,44)39-16-14-38(15-17-39)23-29-10-7-13-36-20-29/h4-13,19-20,26-27,31-32,41H,14-18,21-25H2,1-3H3,(H,37,42)/t27-,31?,32+/m0/s1. The van der Waals surface area contributed by atoms with E-state index in [9.17, 15) is 26.7 Å². The number of fused-ring (bicyclic) bond motifs is 1. The number of carbonyl (C=O) groups is 1. The van der Waals surface area contributed by atoms with Gasteiger partial charge in [-0.3, -0.25) is 14.7 Å². The number of aromatic nitrogens is 1. The number of ether oxygens (including phenoxy) is 2. The molecule has 3 heterocycles. The summed E-state index contributed by atoms with van der Waals surface area (Å²) in [5, 5.41) is 14.3. The minimum absolute atomic E-state index is 0.00608. The summed E-state index contributed by atoms with van der Waals surface area (Å²) in [6, 6.07) is 16.5. The van der Waals surface area contributed by atoms with Gasteiger partial charge in [0.15, 0.2) is 11.5 Å². The number of aliphatic hydroxyl groups excluding tert-OH is 1. The van der Waals surface area contributed by atoms with Gasteiger partial charge < -0.3 is 19.9 Å². The summed E-state index contributed by atoms with van der Waals surface area (Å²) in [5.74, 6) is -1.17. The van der Waals surface area contributed by atoms with E-state index in [1.54, 1.807) is 18.5 Å². The molecule has 0 saturated carbocycles. The maximum Gasteiger partial charge on any atom is 0.243 e. The quantitative estimate of drug-likeness (QED) is 0.224. The lowest BCUT2D eigenvalue weighted by Crippen LogP contribution is -2.53. The predicted octanol–water partition coefficient (Wildman–Crippen LogP) is 2.33. The molecule has 15 heteroatoms. The monoisotopic (exact) mass is 729 g/mol. The molecule has 0 aliphatic carbocycles. The molecule has 2 aromatic carbocycles. The summed E-state index contributed by atoms with van der Waals surface area (Å²) in [4.78, 5) is 19.5. The van der Waals surface area contributed by atoms with Crippen molar-refractivity contribution in [1.29, 1.82) is 0 Å². The first-order chi connectivity index (χ1) is 23.8. The number of rotatable bonds is 16. The van der Waals surface area contributed by atoms with Gasteiger partial charge in [-0.2, -0.15) is 8.61 Å². The van der Waals surface area contributed by atoms with Gasteiger partial charge in [0, 0.05) is 64.3 Å². The van der Waals surface area contributed by atoms with Crippen molar-refractivity contribution in [3.8, 4) is 11.5 Å². The maximum atomic E-state index is 14.2. The number of nitrogens with one attached hydrogen (secondary N) is 1. The number of carbonyl (C=O) groups excluding carboxylic acids is 1. The molecule has 50 heavy (non-hydrogen) atoms. The molecule has 3 aromatic rings. The first-order valence-corrected chi connectivity index (χ1v) is 19.9. The van der Waals surface area contributed by atoms with Crippen molar-refractivity contribution in [2.75, 3.05) is 51.8 Å². The molecule has 2 aliphatic heterocycles. The van der Waals surface area contributed by atoms with Crippen molar-refractivity contribution in [3.05, 3.63) is 84.2 Å². The highest BCUT2D eigenvalue weighted by molar-refractivity contribution is 7.89. The number of benzene rings is 2. The van der Waals surface area contributed by atoms with Crippen molar-refractivity contribution >= 4 is 26.0 Å². The van der Waals surface area contributed by atoms with Crippen LogP contribution in [0.5, 0.6) is 11.5 Å². The number of amides is 1. The number of piperazine rings is 1. The highest BCUT2D eigenvalue weighted by atomic mass is 32.2. The molecule has 1 fully saturated rings. The minimum Gasteiger partial charge on any atom is -0.454 e. The van der Waals surface area contributed by atoms with E-state index >= 15 is 0 Å². The highest BCUT2D eigenvalue weighted by Crippen LogP contribution is 2.35. The van der Waals surface area contributed by atoms with Crippen LogP contribution in [0, 0.1) is 11.8 Å². The van der Waals surface area contributed by atoms with Gasteiger partial charge in [-0.15, -0.1) is 0 Å². The Kier molecular flexibility index (Phi) is 12.5. The molecule has 13 nitrogen and oxygen atoms in total. The molecule has 3 atom stereocenters. The Morgan fingerprint density at radius 1 is 0.940 bits per heavy atom. The van der Waals surface area contributed by atoms with Crippen LogP contribution in [-0.2, 0) is 37.8 Å². The fourth-order valence-corrected chi connectivity index (χ4v) is 9.70. The van der Waals surface area contributed by atoms with Crippen LogP contribution < -0.4 is 14.8 Å². The van der Waals surface area contributed by atoms with Crippen LogP contribution in [0.3, 0.4) is 0 Å². The zero-order valence-corrected chi connectivity index (χ0v) is 30.4. The van der Waals surface area contributed by atoms with E-state index in [2.05, 4.69) is 15.2 Å². The van der Waals surface area contributed by atoms with Crippen molar-refractivity contribution in [2.45, 2.75) is 50.8 Å². The summed E-state index contributed by atoms with van der Waals surface area (Å²) in [6.07, 6.45) is 2.36. The van der Waals surface area contributed by atoms with E-state index in [4.69, 9.17) is 9.47 Å². The third kappa shape index (κ3) is 9.59. The van der Waals surface area contributed by atoms with E-state index in [1.165, 1.54) is 27.7 Å². The van der Waals surface area contributed by atoms with Crippen LogP contribution in [-0.4, -0.2) is 110 Å². The Morgan fingerprint density at radius 2 is 1.64 bits per heavy atom. The zero-order chi connectivity index (χ0) is 35.9. The molecule has 0 spiro atoms. The molecule has 1 unspecified atom stereocenters. The second kappa shape index (κ2) is 16.6. The van der Waals surface area contributed by atoms with E-state index in [1.807, 2.05) is 56.3 Å². The first-order valence-electron chi connectivity index (χ1n) is 16.8. The van der Waals surface area contributed by atoms with Crippen LogP contribution in [0.25, 0.3) is 0 Å². The van der Waals surface area contributed by atoms with Crippen LogP contribution >= 0.6 is 0 Å². The molecule has 5 rings (SSSR count). The molecule has 2 N–H and O–H groups in total. The number of hydrogen-bond donors (Lipinski definition) is 2. The molecule has 0 bridgehead atoms. The lowest BCUT2D eigenvalue weighted by molar-refractivity contribution is -0.124. The second-order valence-electron chi connectivity index (χ2n) is 13.3. The Labute approximate surface area is 295 Å². The Hall–Kier alpha value is -3.60. The van der Waals surface area contributed by atoms with Crippen LogP contribution in [0.15, 0.2) is 78.0 Å². The smallest absolute Gasteiger partial charge is 0.243 e. The van der Waals surface area contributed by atoms with Gasteiger partial charge >= 0.3 is 0 Å². The molecule has 2 aliphatic rings. The number of aliphatic hydroxyl groups is 1. The number of sulfonamides is 2. The third-order valence-electron chi connectivity index (χ3n) is 8.84. The largest absolute Gasteiger partial charge is 0.454 e. The molecule has 272 valence electrons. The molecule has 1 saturated heterocycles. The second-order valence-corrected chi connectivity index (χ2v) is 17.2. The summed E-state index contributed by atoms with van der Waals surface area (Å²) < 4.78 is 68.6. The van der Waals surface area contributed by atoms with E-state index in [0.29, 0.717) is 44.2 Å². The van der Waals surface area contributed by atoms with Crippen molar-refractivity contribution in [3.63, 3.8) is 0 Å². The van der Waals surface area contributed by atoms with Gasteiger partial charge in [0.2, 0.25) is 32.7 Å². The lowest BCUT2D eigenvalue weighted by atomic mass is 10.00. The van der Waals surface area contributed by atoms with Crippen LogP contribution in [0.4, 0.5) is 0 Å². The van der Waals surface area contributed by atoms with Crippen LogP contribution in [0.2, 0.25) is 0 Å². The molecular weight excluding hydrogens is 683 g/mol. The summed E-state index contributed by atoms with van der Waals surface area (Å²) in [6.45, 7) is 7.57. The summed E-state index contributed by atoms with van der Waals surface area (Å²) >= 11 is 0. The topological polar surface area (TPSA) is 159 Å². The summed E-state index contributed by atoms with van der Waals surface area (Å²) in [5.41, 5.74) is 1.86. The maximum absolute atomic E-state index is 14.2. The molecular formula is C35H47N5O8S2. The van der Waals surface area contributed by atoms with E-state index in [0.717, 1.165) is 11.1 Å². The van der Waals surface area contributed by atoms with Crippen molar-refractivity contribution in [1.82, 2.24) is 23.8 Å². The fourth-order valence-electron chi connectivity index (χ4n) is 6.16. The SMILES string of the molecule is CC(C)CN(C(Cc1ccccc1)[C@H](O)CNC(=O)[C@@H](C)CS(=O)(=O)N1CCN(Cc2cccnc2)CC1)S(=O)(=O)c1ccc2c(c1)OCO2. The van der Waals surface area contributed by atoms with Crippen LogP contribution in [0.1, 0.15) is 31.9 Å². The number of pyridine rings is 1. The Bertz CT molecular complexity index is 1790. The number of hydrogen-bond acceptors (Lipinski definition) is 10. The highest BCUT2D eigenvalue weighted by Gasteiger charge is 2.38. The molecule has 1 aromatic heterocycles. The van der Waals surface area contributed by atoms with Gasteiger partial charge in [0.1, 0.15) is 0 Å². The average Bonchev–Trinajstić information content (AvgIpc) is 3.58. The average molecular weight is 730 g/mol.